The van der Waals surface area contributed by atoms with E-state index in [1.165, 1.54) is 0 Å². The van der Waals surface area contributed by atoms with Gasteiger partial charge in [0, 0.05) is 17.6 Å². The van der Waals surface area contributed by atoms with E-state index >= 15 is 0 Å². The van der Waals surface area contributed by atoms with Crippen LogP contribution in [0.25, 0.3) is 0 Å². The van der Waals surface area contributed by atoms with Crippen molar-refractivity contribution in [2.45, 2.75) is 91.6 Å². The van der Waals surface area contributed by atoms with E-state index in [4.69, 9.17) is 11.2 Å². The van der Waals surface area contributed by atoms with Crippen LogP contribution < -0.4 is 10.6 Å². The zero-order valence-corrected chi connectivity index (χ0v) is 24.5. The van der Waals surface area contributed by atoms with E-state index in [-0.39, 0.29) is 17.7 Å². The third-order valence-corrected chi connectivity index (χ3v) is 5.87. The third kappa shape index (κ3) is 9.79. The molecule has 2 aromatic rings. The Hall–Kier alpha value is -3.79. The van der Waals surface area contributed by atoms with Gasteiger partial charge in [0.2, 0.25) is 11.8 Å². The molecule has 2 rings (SSSR count). The molecule has 0 spiro atoms. The number of hydrogen-bond acceptors (Lipinski definition) is 4. The summed E-state index contributed by atoms with van der Waals surface area (Å²) in [7, 11) is 0. The molecule has 3 amide bonds. The highest BCUT2D eigenvalue weighted by Gasteiger charge is 2.42. The first-order valence-corrected chi connectivity index (χ1v) is 13.3. The minimum Gasteiger partial charge on any atom is -0.444 e. The molecule has 0 aliphatic heterocycles. The SMILES string of the molecule is C#Cc1ccc(C(C(=O)NCc2ccccc2)N(C(=O)C(CC(C)C)NC(=O)OC(C)(C)C)C(C)(C)C)cc1. The summed E-state index contributed by atoms with van der Waals surface area (Å²) in [6.45, 7) is 15.2. The summed E-state index contributed by atoms with van der Waals surface area (Å²) < 4.78 is 5.45. The molecule has 2 atom stereocenters. The summed E-state index contributed by atoms with van der Waals surface area (Å²) in [6.07, 6.45) is 5.25. The lowest BCUT2D eigenvalue weighted by Crippen LogP contribution is -2.58. The van der Waals surface area contributed by atoms with Crippen LogP contribution in [0.1, 0.15) is 84.5 Å². The van der Waals surface area contributed by atoms with E-state index in [9.17, 15) is 14.4 Å². The topological polar surface area (TPSA) is 87.7 Å². The van der Waals surface area contributed by atoms with Crippen LogP contribution in [0.2, 0.25) is 0 Å². The Morgan fingerprint density at radius 3 is 2.03 bits per heavy atom. The maximum absolute atomic E-state index is 14.3. The van der Waals surface area contributed by atoms with Crippen molar-refractivity contribution in [1.29, 1.82) is 0 Å². The molecule has 0 aliphatic rings. The fourth-order valence-corrected chi connectivity index (χ4v) is 4.22. The minimum atomic E-state index is -0.969. The van der Waals surface area contributed by atoms with Crippen LogP contribution in [-0.2, 0) is 20.9 Å². The minimum absolute atomic E-state index is 0.0935. The van der Waals surface area contributed by atoms with Gasteiger partial charge >= 0.3 is 6.09 Å². The Morgan fingerprint density at radius 2 is 1.54 bits per heavy atom. The molecule has 0 radical (unpaired) electrons. The van der Waals surface area contributed by atoms with Gasteiger partial charge in [-0.1, -0.05) is 62.2 Å². The van der Waals surface area contributed by atoms with Gasteiger partial charge in [0.05, 0.1) is 0 Å². The van der Waals surface area contributed by atoms with Gasteiger partial charge in [-0.25, -0.2) is 4.79 Å². The Morgan fingerprint density at radius 1 is 0.949 bits per heavy atom. The molecule has 0 fully saturated rings. The molecule has 0 aromatic heterocycles. The Kier molecular flexibility index (Phi) is 10.7. The normalized spacial score (nSPS) is 13.1. The Balaban J connectivity index is 2.53. The van der Waals surface area contributed by atoms with Gasteiger partial charge in [-0.15, -0.1) is 6.42 Å². The summed E-state index contributed by atoms with van der Waals surface area (Å²) in [4.78, 5) is 42.4. The first kappa shape index (κ1) is 31.4. The fraction of sp³-hybridized carbons (Fsp3) is 0.469. The smallest absolute Gasteiger partial charge is 0.408 e. The molecule has 39 heavy (non-hydrogen) atoms. The second-order valence-corrected chi connectivity index (χ2v) is 12.1. The van der Waals surface area contributed by atoms with E-state index in [2.05, 4.69) is 16.6 Å². The van der Waals surface area contributed by atoms with Crippen molar-refractivity contribution in [1.82, 2.24) is 15.5 Å². The van der Waals surface area contributed by atoms with E-state index < -0.39 is 29.3 Å². The number of benzene rings is 2. The van der Waals surface area contributed by atoms with Gasteiger partial charge in [-0.05, 0) is 77.1 Å². The summed E-state index contributed by atoms with van der Waals surface area (Å²) in [5.74, 6) is 1.97. The number of alkyl carbamates (subject to hydrolysis) is 1. The fourth-order valence-electron chi connectivity index (χ4n) is 4.22. The first-order valence-electron chi connectivity index (χ1n) is 13.3. The Labute approximate surface area is 233 Å². The van der Waals surface area contributed by atoms with Crippen molar-refractivity contribution >= 4 is 17.9 Å². The highest BCUT2D eigenvalue weighted by molar-refractivity contribution is 5.92. The second-order valence-electron chi connectivity index (χ2n) is 12.1. The average molecular weight is 534 g/mol. The van der Waals surface area contributed by atoms with Crippen molar-refractivity contribution in [2.24, 2.45) is 5.92 Å². The van der Waals surface area contributed by atoms with Crippen LogP contribution >= 0.6 is 0 Å². The van der Waals surface area contributed by atoms with E-state index in [0.29, 0.717) is 24.1 Å². The lowest BCUT2D eigenvalue weighted by Gasteiger charge is -2.43. The number of carbonyl (C=O) groups excluding carboxylic acids is 3. The molecule has 2 unspecified atom stereocenters. The highest BCUT2D eigenvalue weighted by Crippen LogP contribution is 2.31. The number of hydrogen-bond donors (Lipinski definition) is 2. The summed E-state index contributed by atoms with van der Waals surface area (Å²) in [6, 6.07) is 14.7. The summed E-state index contributed by atoms with van der Waals surface area (Å²) in [5.41, 5.74) is 0.716. The molecular weight excluding hydrogens is 490 g/mol. The van der Waals surface area contributed by atoms with E-state index in [1.807, 2.05) is 65.0 Å². The highest BCUT2D eigenvalue weighted by atomic mass is 16.6. The molecule has 0 bridgehead atoms. The van der Waals surface area contributed by atoms with Crippen molar-refractivity contribution in [3.8, 4) is 12.3 Å². The van der Waals surface area contributed by atoms with E-state index in [1.54, 1.807) is 49.9 Å². The zero-order chi connectivity index (χ0) is 29.4. The number of nitrogens with one attached hydrogen (secondary N) is 2. The maximum atomic E-state index is 14.3. The second kappa shape index (κ2) is 13.3. The quantitative estimate of drug-likeness (QED) is 0.411. The number of ether oxygens (including phenoxy) is 1. The molecule has 0 saturated heterocycles. The van der Waals surface area contributed by atoms with Crippen molar-refractivity contribution in [2.75, 3.05) is 0 Å². The van der Waals surface area contributed by atoms with Crippen LogP contribution in [0.5, 0.6) is 0 Å². The van der Waals surface area contributed by atoms with Gasteiger partial charge in [-0.3, -0.25) is 9.59 Å². The molecule has 0 heterocycles. The molecule has 2 N–H and O–H groups in total. The van der Waals surface area contributed by atoms with Gasteiger partial charge in [0.15, 0.2) is 0 Å². The van der Waals surface area contributed by atoms with Crippen molar-refractivity contribution in [3.63, 3.8) is 0 Å². The number of nitrogens with zero attached hydrogens (tertiary/aromatic N) is 1. The molecule has 7 heteroatoms. The van der Waals surface area contributed by atoms with E-state index in [0.717, 1.165) is 5.56 Å². The van der Waals surface area contributed by atoms with Gasteiger partial charge in [0.1, 0.15) is 17.7 Å². The Bertz CT molecular complexity index is 1150. The van der Waals surface area contributed by atoms with Crippen molar-refractivity contribution in [3.05, 3.63) is 71.3 Å². The molecule has 0 aliphatic carbocycles. The van der Waals surface area contributed by atoms with Crippen LogP contribution in [0.3, 0.4) is 0 Å². The first-order chi connectivity index (χ1) is 18.1. The maximum Gasteiger partial charge on any atom is 0.408 e. The average Bonchev–Trinajstić information content (AvgIpc) is 2.83. The lowest BCUT2D eigenvalue weighted by molar-refractivity contribution is -0.148. The van der Waals surface area contributed by atoms with Gasteiger partial charge in [-0.2, -0.15) is 0 Å². The van der Waals surface area contributed by atoms with Gasteiger partial charge < -0.3 is 20.3 Å². The summed E-state index contributed by atoms with van der Waals surface area (Å²) in [5, 5.41) is 5.77. The summed E-state index contributed by atoms with van der Waals surface area (Å²) >= 11 is 0. The molecular formula is C32H43N3O4. The molecule has 2 aromatic carbocycles. The predicted molar refractivity (Wildman–Crippen MR) is 155 cm³/mol. The number of rotatable bonds is 9. The molecule has 0 saturated carbocycles. The predicted octanol–water partition coefficient (Wildman–Crippen LogP) is 5.59. The van der Waals surface area contributed by atoms with Crippen LogP contribution in [0, 0.1) is 18.3 Å². The third-order valence-electron chi connectivity index (χ3n) is 5.87. The zero-order valence-electron chi connectivity index (χ0n) is 24.5. The standard InChI is InChI=1S/C32H43N3O4/c1-10-23-16-18-25(19-17-23)27(28(36)33-21-24-14-12-11-13-15-24)35(31(4,5)6)29(37)26(20-22(2)3)34-30(38)39-32(7,8)9/h1,11-19,22,26-27H,20-21H2,2-9H3,(H,33,36)(H,34,38). The number of carbonyl (C=O) groups is 3. The number of amides is 3. The van der Waals surface area contributed by atoms with Crippen LogP contribution in [-0.4, -0.2) is 40.0 Å². The molecule has 7 nitrogen and oxygen atoms in total. The van der Waals surface area contributed by atoms with Crippen molar-refractivity contribution < 1.29 is 19.1 Å². The lowest BCUT2D eigenvalue weighted by atomic mass is 9.93. The monoisotopic (exact) mass is 533 g/mol. The largest absolute Gasteiger partial charge is 0.444 e. The van der Waals surface area contributed by atoms with Gasteiger partial charge in [0.25, 0.3) is 0 Å². The van der Waals surface area contributed by atoms with Crippen LogP contribution in [0.15, 0.2) is 54.6 Å². The molecule has 210 valence electrons. The van der Waals surface area contributed by atoms with Crippen LogP contribution in [0.4, 0.5) is 4.79 Å². The number of terminal acetylenes is 1.